The molecule has 54 heavy (non-hydrogen) atoms. The fourth-order valence-corrected chi connectivity index (χ4v) is 9.26. The summed E-state index contributed by atoms with van der Waals surface area (Å²) in [5.74, 6) is -3.49. The molecule has 1 N–H and O–H groups in total. The Balaban J connectivity index is 1.26. The van der Waals surface area contributed by atoms with E-state index in [1.165, 1.54) is 11.0 Å². The summed E-state index contributed by atoms with van der Waals surface area (Å²) in [6, 6.07) is 6.77. The van der Waals surface area contributed by atoms with Gasteiger partial charge < -0.3 is 19.3 Å². The number of aromatic nitrogens is 1. The molecule has 13 nitrogen and oxygen atoms in total. The molecule has 1 saturated heterocycles. The minimum absolute atomic E-state index is 0.00629. The number of fused-ring (bicyclic) bond motifs is 4. The summed E-state index contributed by atoms with van der Waals surface area (Å²) in [6.45, 7) is 4.23. The monoisotopic (exact) mass is 758 g/mol. The molecule has 14 heteroatoms. The Morgan fingerprint density at radius 2 is 1.89 bits per heavy atom. The Bertz CT molecular complexity index is 2030. The average molecular weight is 759 g/mol. The van der Waals surface area contributed by atoms with Crippen LogP contribution in [0.15, 0.2) is 61.3 Å². The highest BCUT2D eigenvalue weighted by atomic mass is 32.2. The van der Waals surface area contributed by atoms with E-state index in [4.69, 9.17) is 9.47 Å². The number of Topliss-reactive ketones (excluding diaryl/α,β-unsaturated/α-hetero) is 1. The molecule has 5 bridgehead atoms. The smallest absolute Gasteiger partial charge is 0.306 e. The Morgan fingerprint density at radius 1 is 1.06 bits per heavy atom. The summed E-state index contributed by atoms with van der Waals surface area (Å²) in [7, 11) is -3.89. The third-order valence-electron chi connectivity index (χ3n) is 11.2. The van der Waals surface area contributed by atoms with Crippen molar-refractivity contribution in [2.24, 2.45) is 17.3 Å². The average Bonchev–Trinajstić information content (AvgIpc) is 4.08. The maximum Gasteiger partial charge on any atom is 0.306 e. The first-order chi connectivity index (χ1) is 26.0. The second kappa shape index (κ2) is 15.5. The van der Waals surface area contributed by atoms with Gasteiger partial charge in [-0.15, -0.1) is 0 Å². The van der Waals surface area contributed by atoms with Crippen molar-refractivity contribution in [3.8, 4) is 5.88 Å². The van der Waals surface area contributed by atoms with Gasteiger partial charge in [-0.25, -0.2) is 13.4 Å². The maximum atomic E-state index is 14.7. The minimum atomic E-state index is -3.89. The lowest BCUT2D eigenvalue weighted by Gasteiger charge is -2.30. The van der Waals surface area contributed by atoms with Crippen LogP contribution in [0.4, 0.5) is 0 Å². The number of ketones is 1. The van der Waals surface area contributed by atoms with Gasteiger partial charge in [-0.05, 0) is 80.0 Å². The molecule has 5 atom stereocenters. The number of amides is 3. The summed E-state index contributed by atoms with van der Waals surface area (Å²) in [4.78, 5) is 76.7. The molecule has 1 aromatic carbocycles. The molecule has 2 aliphatic carbocycles. The summed E-state index contributed by atoms with van der Waals surface area (Å²) < 4.78 is 40.1. The van der Waals surface area contributed by atoms with Crippen molar-refractivity contribution in [2.45, 2.75) is 81.6 Å². The van der Waals surface area contributed by atoms with Crippen LogP contribution in [0.3, 0.4) is 0 Å². The first-order valence-corrected chi connectivity index (χ1v) is 20.4. The lowest BCUT2D eigenvalue weighted by molar-refractivity contribution is -0.150. The van der Waals surface area contributed by atoms with Crippen molar-refractivity contribution in [3.63, 3.8) is 0 Å². The zero-order valence-corrected chi connectivity index (χ0v) is 31.0. The molecule has 1 aromatic heterocycles. The van der Waals surface area contributed by atoms with Crippen molar-refractivity contribution >= 4 is 56.3 Å². The third kappa shape index (κ3) is 8.13. The Hall–Kier alpha value is -4.85. The summed E-state index contributed by atoms with van der Waals surface area (Å²) >= 11 is 0. The number of hydrogen-bond donors (Lipinski definition) is 1. The number of pyridine rings is 1. The largest absolute Gasteiger partial charge is 0.472 e. The van der Waals surface area contributed by atoms with Gasteiger partial charge in [0.25, 0.3) is 0 Å². The minimum Gasteiger partial charge on any atom is -0.472 e. The first kappa shape index (κ1) is 37.5. The topological polar surface area (TPSA) is 169 Å². The number of allylic oxidation sites excluding steroid dienone is 2. The Labute approximate surface area is 314 Å². The Kier molecular flexibility index (Phi) is 10.7. The van der Waals surface area contributed by atoms with Crippen LogP contribution in [0.5, 0.6) is 5.88 Å². The summed E-state index contributed by atoms with van der Waals surface area (Å²) in [5, 5.41) is 1.04. The molecule has 7 rings (SSSR count). The number of nitrogens with one attached hydrogen (secondary N) is 1. The molecule has 286 valence electrons. The number of carbonyl (C=O) groups is 5. The molecule has 2 saturated carbocycles. The van der Waals surface area contributed by atoms with E-state index in [1.54, 1.807) is 11.1 Å². The van der Waals surface area contributed by atoms with E-state index in [1.807, 2.05) is 48.6 Å². The van der Waals surface area contributed by atoms with Gasteiger partial charge in [-0.2, -0.15) is 0 Å². The van der Waals surface area contributed by atoms with Crippen molar-refractivity contribution in [2.75, 3.05) is 26.2 Å². The van der Waals surface area contributed by atoms with Crippen LogP contribution in [-0.2, 0) is 38.7 Å². The number of cyclic esters (lactones) is 1. The molecular formula is C40H46N4O9S. The number of ether oxygens (including phenoxy) is 2. The highest BCUT2D eigenvalue weighted by molar-refractivity contribution is 7.90. The molecule has 0 radical (unpaired) electrons. The van der Waals surface area contributed by atoms with E-state index < -0.39 is 68.2 Å². The molecule has 4 heterocycles. The maximum absolute atomic E-state index is 14.7. The van der Waals surface area contributed by atoms with Gasteiger partial charge in [0.05, 0.1) is 42.2 Å². The SMILES string of the molecule is C=CC(=O)N1CC/C=C\[C@@H]2C[C@@]2(C(=O)NS(=O)(=O)C2CC2)CC(=O)[C@@H]2C[C@@H]3CN2C(=O)[C@H](CC1)CC(=O)OCCC/C=C/c1ccc2ccnc(c2c1)O3. The van der Waals surface area contributed by atoms with E-state index in [9.17, 15) is 32.4 Å². The molecular weight excluding hydrogens is 713 g/mol. The van der Waals surface area contributed by atoms with Crippen LogP contribution >= 0.6 is 0 Å². The number of rotatable bonds is 4. The fourth-order valence-electron chi connectivity index (χ4n) is 7.88. The summed E-state index contributed by atoms with van der Waals surface area (Å²) in [6.07, 6.45) is 12.3. The Morgan fingerprint density at radius 3 is 2.69 bits per heavy atom. The molecule has 2 aromatic rings. The van der Waals surface area contributed by atoms with Gasteiger partial charge in [0.15, 0.2) is 5.78 Å². The fraction of sp³-hybridized carbons (Fsp3) is 0.500. The third-order valence-corrected chi connectivity index (χ3v) is 13.1. The van der Waals surface area contributed by atoms with Crippen LogP contribution < -0.4 is 9.46 Å². The van der Waals surface area contributed by atoms with E-state index in [2.05, 4.69) is 16.3 Å². The van der Waals surface area contributed by atoms with Gasteiger partial charge >= 0.3 is 5.97 Å². The van der Waals surface area contributed by atoms with Gasteiger partial charge in [-0.1, -0.05) is 43.0 Å². The number of sulfonamides is 1. The normalized spacial score (nSPS) is 29.4. The first-order valence-electron chi connectivity index (χ1n) is 18.8. The highest BCUT2D eigenvalue weighted by Gasteiger charge is 2.61. The zero-order chi connectivity index (χ0) is 38.0. The van der Waals surface area contributed by atoms with E-state index in [0.29, 0.717) is 38.0 Å². The van der Waals surface area contributed by atoms with E-state index in [-0.39, 0.29) is 64.3 Å². The molecule has 0 unspecified atom stereocenters. The second-order valence-electron chi connectivity index (χ2n) is 15.1. The van der Waals surface area contributed by atoms with Crippen molar-refractivity contribution in [1.29, 1.82) is 0 Å². The molecule has 0 spiro atoms. The zero-order valence-electron chi connectivity index (χ0n) is 30.2. The van der Waals surface area contributed by atoms with Crippen LogP contribution in [0.1, 0.15) is 69.8 Å². The molecule has 3 fully saturated rings. The van der Waals surface area contributed by atoms with Crippen molar-refractivity contribution in [3.05, 3.63) is 66.9 Å². The van der Waals surface area contributed by atoms with Crippen LogP contribution in [-0.4, -0.2) is 96.3 Å². The van der Waals surface area contributed by atoms with Crippen LogP contribution in [0.25, 0.3) is 16.8 Å². The lowest BCUT2D eigenvalue weighted by Crippen LogP contribution is -2.47. The summed E-state index contributed by atoms with van der Waals surface area (Å²) in [5.41, 5.74) is -0.397. The quantitative estimate of drug-likeness (QED) is 0.275. The molecule has 5 aliphatic rings. The van der Waals surface area contributed by atoms with Gasteiger partial charge in [0, 0.05) is 37.5 Å². The molecule has 3 amide bonds. The van der Waals surface area contributed by atoms with Crippen LogP contribution in [0.2, 0.25) is 0 Å². The number of hydrogen-bond acceptors (Lipinski definition) is 10. The van der Waals surface area contributed by atoms with Gasteiger partial charge in [0.1, 0.15) is 6.10 Å². The predicted octanol–water partition coefficient (Wildman–Crippen LogP) is 3.88. The number of esters is 1. The standard InChI is InChI=1S/C40H46N4O9S/c1-2-35(46)43-17-6-5-9-29-23-40(29,39(49)42-54(50,51)31-12-13-31)24-34(45)33-22-30-25-44(33)38(48)28(15-18-43)21-36(47)52-19-7-3-4-8-26-10-11-27-14-16-41-37(53-30)32(27)20-26/h2,4-5,8-11,14,16,20,28-31,33H,1,3,6-7,12-13,15,17-19,21-25H2,(H,42,49)/b8-4+,9-5-/t28-,29-,30-,33+,40-/m1/s1. The van der Waals surface area contributed by atoms with Crippen molar-refractivity contribution < 1.29 is 41.9 Å². The van der Waals surface area contributed by atoms with Crippen molar-refractivity contribution in [1.82, 2.24) is 19.5 Å². The molecule has 3 aliphatic heterocycles. The predicted molar refractivity (Wildman–Crippen MR) is 199 cm³/mol. The van der Waals surface area contributed by atoms with Gasteiger partial charge in [-0.3, -0.25) is 28.7 Å². The highest BCUT2D eigenvalue weighted by Crippen LogP contribution is 2.57. The number of nitrogens with zero attached hydrogens (tertiary/aromatic N) is 3. The lowest BCUT2D eigenvalue weighted by atomic mass is 9.91. The second-order valence-corrected chi connectivity index (χ2v) is 17.0. The van der Waals surface area contributed by atoms with E-state index in [0.717, 1.165) is 16.3 Å². The van der Waals surface area contributed by atoms with Crippen LogP contribution in [0, 0.1) is 17.3 Å². The van der Waals surface area contributed by atoms with E-state index >= 15 is 0 Å². The van der Waals surface area contributed by atoms with Gasteiger partial charge in [0.2, 0.25) is 33.6 Å². The number of benzene rings is 1. The number of carbonyl (C=O) groups excluding carboxylic acids is 5.